The Bertz CT molecular complexity index is 323. The van der Waals surface area contributed by atoms with E-state index >= 15 is 0 Å². The van der Waals surface area contributed by atoms with Gasteiger partial charge in [0.15, 0.2) is 6.29 Å². The molecule has 0 bridgehead atoms. The van der Waals surface area contributed by atoms with Gasteiger partial charge in [0.1, 0.15) is 18.2 Å². The second-order valence-electron chi connectivity index (χ2n) is 4.19. The molecule has 1 aliphatic heterocycles. The average Bonchev–Trinajstić information content (AvgIpc) is 2.27. The highest BCUT2D eigenvalue weighted by Crippen LogP contribution is 2.19. The fourth-order valence-electron chi connectivity index (χ4n) is 1.92. The van der Waals surface area contributed by atoms with Crippen LogP contribution in [-0.2, 0) is 14.3 Å². The number of carbonyl (C=O) groups is 2. The maximum Gasteiger partial charge on any atom is 0.217 e. The first-order valence-electron chi connectivity index (χ1n) is 5.53. The molecule has 1 fully saturated rings. The predicted molar refractivity (Wildman–Crippen MR) is 59.2 cm³/mol. The monoisotopic (exact) mass is 262 g/mol. The van der Waals surface area contributed by atoms with Crippen LogP contribution < -0.4 is 10.6 Å². The van der Waals surface area contributed by atoms with Gasteiger partial charge in [0.25, 0.3) is 0 Å². The van der Waals surface area contributed by atoms with Crippen LogP contribution >= 0.6 is 0 Å². The van der Waals surface area contributed by atoms with Crippen molar-refractivity contribution in [1.82, 2.24) is 10.6 Å². The molecule has 1 heterocycles. The summed E-state index contributed by atoms with van der Waals surface area (Å²) in [6, 6.07) is -1.92. The van der Waals surface area contributed by atoms with Gasteiger partial charge in [0.2, 0.25) is 11.8 Å². The van der Waals surface area contributed by atoms with Gasteiger partial charge in [-0.05, 0) is 0 Å². The molecule has 0 aromatic carbocycles. The fraction of sp³-hybridized carbons (Fsp3) is 0.800. The van der Waals surface area contributed by atoms with Crippen LogP contribution in [0.5, 0.6) is 0 Å². The number of carbonyl (C=O) groups excluding carboxylic acids is 2. The molecule has 5 N–H and O–H groups in total. The summed E-state index contributed by atoms with van der Waals surface area (Å²) in [6.07, 6.45) is -3.69. The van der Waals surface area contributed by atoms with Gasteiger partial charge in [-0.15, -0.1) is 0 Å². The van der Waals surface area contributed by atoms with Gasteiger partial charge in [-0.25, -0.2) is 0 Å². The molecule has 0 aliphatic carbocycles. The molecule has 8 nitrogen and oxygen atoms in total. The van der Waals surface area contributed by atoms with E-state index < -0.39 is 49.0 Å². The van der Waals surface area contributed by atoms with Gasteiger partial charge in [-0.2, -0.15) is 0 Å². The Hall–Kier alpha value is -1.22. The van der Waals surface area contributed by atoms with Crippen molar-refractivity contribution in [3.8, 4) is 0 Å². The topological polar surface area (TPSA) is 128 Å². The summed E-state index contributed by atoms with van der Waals surface area (Å²) in [5.41, 5.74) is 0. The van der Waals surface area contributed by atoms with E-state index in [-0.39, 0.29) is 0 Å². The number of aliphatic hydroxyl groups excluding tert-OH is 3. The van der Waals surface area contributed by atoms with Crippen molar-refractivity contribution < 1.29 is 29.6 Å². The smallest absolute Gasteiger partial charge is 0.217 e. The highest BCUT2D eigenvalue weighted by atomic mass is 16.6. The van der Waals surface area contributed by atoms with Gasteiger partial charge in [0.05, 0.1) is 12.6 Å². The summed E-state index contributed by atoms with van der Waals surface area (Å²) in [5, 5.41) is 33.4. The molecule has 0 spiro atoms. The summed E-state index contributed by atoms with van der Waals surface area (Å²) < 4.78 is 4.96. The molecule has 0 aromatic rings. The van der Waals surface area contributed by atoms with E-state index in [9.17, 15) is 19.8 Å². The van der Waals surface area contributed by atoms with Crippen molar-refractivity contribution in [2.24, 2.45) is 0 Å². The maximum atomic E-state index is 11.1. The molecule has 2 amide bonds. The summed E-state index contributed by atoms with van der Waals surface area (Å²) in [6.45, 7) is 1.97. The number of ether oxygens (including phenoxy) is 1. The minimum absolute atomic E-state index is 0.430. The highest BCUT2D eigenvalue weighted by molar-refractivity contribution is 5.75. The fourth-order valence-corrected chi connectivity index (χ4v) is 1.92. The van der Waals surface area contributed by atoms with Crippen molar-refractivity contribution in [2.45, 2.75) is 44.4 Å². The Morgan fingerprint density at radius 3 is 2.06 bits per heavy atom. The van der Waals surface area contributed by atoms with E-state index in [2.05, 4.69) is 10.6 Å². The SMILES string of the molecule is CC(=O)N[C@@H]1[C@@H](NC(C)=O)[C@@H](O)[C@@H](CO)O[C@H]1O. The van der Waals surface area contributed by atoms with Crippen LogP contribution in [0, 0.1) is 0 Å². The number of nitrogens with one attached hydrogen (secondary N) is 2. The zero-order valence-corrected chi connectivity index (χ0v) is 10.2. The molecule has 0 aromatic heterocycles. The van der Waals surface area contributed by atoms with Crippen LogP contribution in [0.25, 0.3) is 0 Å². The van der Waals surface area contributed by atoms with Crippen molar-refractivity contribution in [2.75, 3.05) is 6.61 Å². The minimum atomic E-state index is -1.42. The first-order chi connectivity index (χ1) is 8.36. The lowest BCUT2D eigenvalue weighted by Crippen LogP contribution is -2.68. The third-order valence-electron chi connectivity index (χ3n) is 2.68. The lowest BCUT2D eigenvalue weighted by atomic mass is 9.94. The van der Waals surface area contributed by atoms with E-state index in [0.29, 0.717) is 0 Å². The first-order valence-corrected chi connectivity index (χ1v) is 5.53. The summed E-state index contributed by atoms with van der Waals surface area (Å²) >= 11 is 0. The highest BCUT2D eigenvalue weighted by Gasteiger charge is 2.45. The standard InChI is InChI=1S/C10H18N2O6/c1-4(14)11-7-8(12-5(2)15)10(17)18-6(3-13)9(7)16/h6-10,13,16-17H,3H2,1-2H3,(H,11,14)(H,12,15)/t6-,7-,8-,9+,10-/m1/s1. The van der Waals surface area contributed by atoms with Gasteiger partial charge in [-0.1, -0.05) is 0 Å². The molecule has 1 saturated heterocycles. The predicted octanol–water partition coefficient (Wildman–Crippen LogP) is -2.93. The molecule has 1 rings (SSSR count). The third-order valence-corrected chi connectivity index (χ3v) is 2.68. The molecule has 5 atom stereocenters. The second kappa shape index (κ2) is 6.10. The Labute approximate surface area is 104 Å². The lowest BCUT2D eigenvalue weighted by Gasteiger charge is -2.42. The van der Waals surface area contributed by atoms with Gasteiger partial charge in [0, 0.05) is 13.8 Å². The Morgan fingerprint density at radius 1 is 1.11 bits per heavy atom. The molecule has 18 heavy (non-hydrogen) atoms. The largest absolute Gasteiger partial charge is 0.394 e. The number of rotatable bonds is 3. The number of hydrogen-bond acceptors (Lipinski definition) is 6. The van der Waals surface area contributed by atoms with Crippen LogP contribution in [0.3, 0.4) is 0 Å². The maximum absolute atomic E-state index is 11.1. The zero-order valence-electron chi connectivity index (χ0n) is 10.2. The van der Waals surface area contributed by atoms with Crippen LogP contribution in [0.2, 0.25) is 0 Å². The first kappa shape index (κ1) is 14.8. The molecule has 0 saturated carbocycles. The summed E-state index contributed by atoms with van der Waals surface area (Å²) in [5.74, 6) is -0.868. The summed E-state index contributed by atoms with van der Waals surface area (Å²) in [4.78, 5) is 22.1. The van der Waals surface area contributed by atoms with Crippen molar-refractivity contribution in [3.63, 3.8) is 0 Å². The van der Waals surface area contributed by atoms with Crippen molar-refractivity contribution in [1.29, 1.82) is 0 Å². The van der Waals surface area contributed by atoms with Crippen LogP contribution in [0.4, 0.5) is 0 Å². The van der Waals surface area contributed by atoms with Gasteiger partial charge < -0.3 is 30.7 Å². The molecule has 0 unspecified atom stereocenters. The molecular weight excluding hydrogens is 244 g/mol. The molecule has 1 aliphatic rings. The Morgan fingerprint density at radius 2 is 1.61 bits per heavy atom. The van der Waals surface area contributed by atoms with Crippen LogP contribution in [-0.4, -0.2) is 64.3 Å². The van der Waals surface area contributed by atoms with Crippen molar-refractivity contribution >= 4 is 11.8 Å². The number of aliphatic hydroxyl groups is 3. The van der Waals surface area contributed by atoms with E-state index in [4.69, 9.17) is 9.84 Å². The second-order valence-corrected chi connectivity index (χ2v) is 4.19. The van der Waals surface area contributed by atoms with Gasteiger partial charge >= 0.3 is 0 Å². The quantitative estimate of drug-likeness (QED) is 0.370. The molecule has 104 valence electrons. The minimum Gasteiger partial charge on any atom is -0.394 e. The average molecular weight is 262 g/mol. The van der Waals surface area contributed by atoms with E-state index in [1.165, 1.54) is 13.8 Å². The summed E-state index contributed by atoms with van der Waals surface area (Å²) in [7, 11) is 0. The third kappa shape index (κ3) is 3.39. The Balaban J connectivity index is 2.89. The van der Waals surface area contributed by atoms with E-state index in [1.54, 1.807) is 0 Å². The molecular formula is C10H18N2O6. The van der Waals surface area contributed by atoms with Crippen LogP contribution in [0.15, 0.2) is 0 Å². The Kier molecular flexibility index (Phi) is 5.03. The molecule has 8 heteroatoms. The van der Waals surface area contributed by atoms with Gasteiger partial charge in [-0.3, -0.25) is 9.59 Å². The lowest BCUT2D eigenvalue weighted by molar-refractivity contribution is -0.230. The zero-order chi connectivity index (χ0) is 13.9. The van der Waals surface area contributed by atoms with E-state index in [1.807, 2.05) is 0 Å². The van der Waals surface area contributed by atoms with Crippen LogP contribution in [0.1, 0.15) is 13.8 Å². The number of amides is 2. The normalized spacial score (nSPS) is 35.9. The molecule has 0 radical (unpaired) electrons. The van der Waals surface area contributed by atoms with E-state index in [0.717, 1.165) is 0 Å². The number of hydrogen-bond donors (Lipinski definition) is 5. The van der Waals surface area contributed by atoms with Crippen molar-refractivity contribution in [3.05, 3.63) is 0 Å².